The van der Waals surface area contributed by atoms with Gasteiger partial charge in [-0.2, -0.15) is 0 Å². The minimum absolute atomic E-state index is 0.0241. The van der Waals surface area contributed by atoms with Crippen LogP contribution in [0.25, 0.3) is 0 Å². The number of anilines is 1. The Morgan fingerprint density at radius 3 is 2.44 bits per heavy atom. The molecule has 4 N–H and O–H groups in total. The fourth-order valence-corrected chi connectivity index (χ4v) is 5.81. The van der Waals surface area contributed by atoms with E-state index in [1.807, 2.05) is 24.3 Å². The summed E-state index contributed by atoms with van der Waals surface area (Å²) in [5.74, 6) is -1.43. The molecule has 3 atom stereocenters. The van der Waals surface area contributed by atoms with E-state index in [2.05, 4.69) is 18.7 Å². The van der Waals surface area contributed by atoms with E-state index in [-0.39, 0.29) is 23.2 Å². The van der Waals surface area contributed by atoms with E-state index in [0.29, 0.717) is 36.3 Å². The number of piperidine rings is 1. The van der Waals surface area contributed by atoms with Gasteiger partial charge in [-0.15, -0.1) is 0 Å². The summed E-state index contributed by atoms with van der Waals surface area (Å²) in [6.45, 7) is 6.28. The van der Waals surface area contributed by atoms with Crippen LogP contribution in [0.5, 0.6) is 0 Å². The van der Waals surface area contributed by atoms with Gasteiger partial charge in [0.2, 0.25) is 5.91 Å². The molecule has 192 valence electrons. The SMILES string of the molecule is C[C@@H]1CCC[C@H](C)N1CCCCCN1C(=O)C(c2cccc(C(=N)N)c2)Cc2ccc(C(=O)O)cc21. The lowest BCUT2D eigenvalue weighted by atomic mass is 9.85. The monoisotopic (exact) mass is 490 g/mol. The predicted molar refractivity (Wildman–Crippen MR) is 143 cm³/mol. The topological polar surface area (TPSA) is 111 Å². The van der Waals surface area contributed by atoms with E-state index in [1.54, 1.807) is 23.1 Å². The number of aromatic carboxylic acids is 1. The molecule has 2 aromatic carbocycles. The molecule has 2 aliphatic heterocycles. The number of hydrogen-bond donors (Lipinski definition) is 3. The molecule has 0 saturated carbocycles. The molecule has 7 nitrogen and oxygen atoms in total. The van der Waals surface area contributed by atoms with Crippen molar-refractivity contribution in [2.75, 3.05) is 18.0 Å². The minimum Gasteiger partial charge on any atom is -0.478 e. The first-order chi connectivity index (χ1) is 17.3. The van der Waals surface area contributed by atoms with Crippen molar-refractivity contribution in [3.8, 4) is 0 Å². The van der Waals surface area contributed by atoms with Gasteiger partial charge in [-0.05, 0) is 81.8 Å². The summed E-state index contributed by atoms with van der Waals surface area (Å²) in [4.78, 5) is 29.8. The van der Waals surface area contributed by atoms with Crippen LogP contribution < -0.4 is 10.6 Å². The van der Waals surface area contributed by atoms with Gasteiger partial charge in [0, 0.05) is 29.9 Å². The van der Waals surface area contributed by atoms with Crippen molar-refractivity contribution in [1.82, 2.24) is 4.90 Å². The number of amidine groups is 1. The van der Waals surface area contributed by atoms with Crippen molar-refractivity contribution in [3.05, 3.63) is 64.7 Å². The van der Waals surface area contributed by atoms with Crippen molar-refractivity contribution in [1.29, 1.82) is 5.41 Å². The van der Waals surface area contributed by atoms with Crippen LogP contribution in [0, 0.1) is 5.41 Å². The number of benzene rings is 2. The molecule has 1 unspecified atom stereocenters. The Labute approximate surface area is 213 Å². The molecule has 0 aromatic heterocycles. The van der Waals surface area contributed by atoms with Gasteiger partial charge in [-0.1, -0.05) is 37.1 Å². The Bertz CT molecular complexity index is 1120. The summed E-state index contributed by atoms with van der Waals surface area (Å²) in [6, 6.07) is 13.7. The molecular formula is C29H38N4O3. The van der Waals surface area contributed by atoms with Crippen molar-refractivity contribution < 1.29 is 14.7 Å². The van der Waals surface area contributed by atoms with Gasteiger partial charge >= 0.3 is 5.97 Å². The van der Waals surface area contributed by atoms with Crippen LogP contribution in [0.3, 0.4) is 0 Å². The Morgan fingerprint density at radius 2 is 1.75 bits per heavy atom. The number of amides is 1. The Kier molecular flexibility index (Phi) is 8.09. The molecule has 0 aliphatic carbocycles. The normalized spacial score (nSPS) is 22.3. The Morgan fingerprint density at radius 1 is 1.03 bits per heavy atom. The van der Waals surface area contributed by atoms with Crippen LogP contribution in [-0.2, 0) is 11.2 Å². The van der Waals surface area contributed by atoms with E-state index >= 15 is 0 Å². The summed E-state index contributed by atoms with van der Waals surface area (Å²) in [5, 5.41) is 17.3. The van der Waals surface area contributed by atoms with E-state index in [9.17, 15) is 14.7 Å². The summed E-state index contributed by atoms with van der Waals surface area (Å²) in [6.07, 6.45) is 7.30. The van der Waals surface area contributed by atoms with Crippen molar-refractivity contribution in [2.24, 2.45) is 5.73 Å². The van der Waals surface area contributed by atoms with Gasteiger partial charge in [-0.3, -0.25) is 15.1 Å². The van der Waals surface area contributed by atoms with Crippen LogP contribution in [0.4, 0.5) is 5.69 Å². The molecule has 7 heteroatoms. The van der Waals surface area contributed by atoms with Crippen LogP contribution in [-0.4, -0.2) is 52.9 Å². The highest BCUT2D eigenvalue weighted by Gasteiger charge is 2.34. The number of nitrogens with one attached hydrogen (secondary N) is 1. The number of unbranched alkanes of at least 4 members (excludes halogenated alkanes) is 2. The number of carboxylic acid groups (broad SMARTS) is 1. The van der Waals surface area contributed by atoms with E-state index in [1.165, 1.54) is 19.3 Å². The largest absolute Gasteiger partial charge is 0.478 e. The molecular weight excluding hydrogens is 452 g/mol. The van der Waals surface area contributed by atoms with Crippen LogP contribution >= 0.6 is 0 Å². The maximum Gasteiger partial charge on any atom is 0.335 e. The molecule has 2 aliphatic rings. The molecule has 0 bridgehead atoms. The first-order valence-corrected chi connectivity index (χ1v) is 13.1. The lowest BCUT2D eigenvalue weighted by Gasteiger charge is -2.39. The number of likely N-dealkylation sites (tertiary alicyclic amines) is 1. The molecule has 2 aromatic rings. The Balaban J connectivity index is 1.49. The number of carboxylic acids is 1. The zero-order chi connectivity index (χ0) is 25.8. The molecule has 2 heterocycles. The maximum absolute atomic E-state index is 13.7. The van der Waals surface area contributed by atoms with Crippen LogP contribution in [0.15, 0.2) is 42.5 Å². The molecule has 1 saturated heterocycles. The number of nitrogens with two attached hydrogens (primary N) is 1. The average molecular weight is 491 g/mol. The molecule has 4 rings (SSSR count). The number of nitrogen functional groups attached to an aromatic ring is 1. The molecule has 1 fully saturated rings. The van der Waals surface area contributed by atoms with Gasteiger partial charge in [0.25, 0.3) is 0 Å². The highest BCUT2D eigenvalue weighted by atomic mass is 16.4. The smallest absolute Gasteiger partial charge is 0.335 e. The standard InChI is InChI=1S/C29H38N4O3/c1-19-8-6-9-20(2)32(19)14-4-3-5-15-33-26-18-24(29(35)36)13-12-22(26)17-25(28(33)34)21-10-7-11-23(16-21)27(30)31/h7,10-13,16,18-20,25H,3-6,8-9,14-15,17H2,1-2H3,(H3,30,31)(H,35,36)/t19-,20+,25?. The third-order valence-electron chi connectivity index (χ3n) is 7.89. The van der Waals surface area contributed by atoms with E-state index < -0.39 is 5.97 Å². The molecule has 1 amide bonds. The summed E-state index contributed by atoms with van der Waals surface area (Å²) >= 11 is 0. The maximum atomic E-state index is 13.7. The first-order valence-electron chi connectivity index (χ1n) is 13.1. The number of rotatable bonds is 9. The zero-order valence-electron chi connectivity index (χ0n) is 21.4. The fraction of sp³-hybridized carbons (Fsp3) is 0.483. The molecule has 36 heavy (non-hydrogen) atoms. The summed E-state index contributed by atoms with van der Waals surface area (Å²) < 4.78 is 0. The van der Waals surface area contributed by atoms with Gasteiger partial charge in [0.05, 0.1) is 11.5 Å². The third-order valence-corrected chi connectivity index (χ3v) is 7.89. The van der Waals surface area contributed by atoms with Crippen molar-refractivity contribution >= 4 is 23.4 Å². The predicted octanol–water partition coefficient (Wildman–Crippen LogP) is 4.77. The highest BCUT2D eigenvalue weighted by molar-refractivity contribution is 6.03. The number of hydrogen-bond acceptors (Lipinski definition) is 4. The van der Waals surface area contributed by atoms with Crippen molar-refractivity contribution in [2.45, 2.75) is 76.8 Å². The van der Waals surface area contributed by atoms with E-state index in [0.717, 1.165) is 36.9 Å². The highest BCUT2D eigenvalue weighted by Crippen LogP contribution is 2.37. The van der Waals surface area contributed by atoms with Crippen LogP contribution in [0.2, 0.25) is 0 Å². The lowest BCUT2D eigenvalue weighted by molar-refractivity contribution is -0.120. The molecule has 0 spiro atoms. The number of fused-ring (bicyclic) bond motifs is 1. The average Bonchev–Trinajstić information content (AvgIpc) is 2.86. The fourth-order valence-electron chi connectivity index (χ4n) is 5.81. The first kappa shape index (κ1) is 25.9. The van der Waals surface area contributed by atoms with Gasteiger partial charge in [0.1, 0.15) is 5.84 Å². The summed E-state index contributed by atoms with van der Waals surface area (Å²) in [7, 11) is 0. The van der Waals surface area contributed by atoms with Crippen LogP contribution in [0.1, 0.15) is 85.3 Å². The number of carbonyl (C=O) groups is 2. The second-order valence-electron chi connectivity index (χ2n) is 10.4. The zero-order valence-corrected chi connectivity index (χ0v) is 21.4. The quantitative estimate of drug-likeness (QED) is 0.266. The van der Waals surface area contributed by atoms with Crippen molar-refractivity contribution in [3.63, 3.8) is 0 Å². The lowest BCUT2D eigenvalue weighted by Crippen LogP contribution is -2.44. The minimum atomic E-state index is -0.994. The van der Waals surface area contributed by atoms with Gasteiger partial charge in [0.15, 0.2) is 0 Å². The second kappa shape index (κ2) is 11.2. The third kappa shape index (κ3) is 5.62. The number of nitrogens with zero attached hydrogens (tertiary/aromatic N) is 2. The van der Waals surface area contributed by atoms with E-state index in [4.69, 9.17) is 11.1 Å². The summed E-state index contributed by atoms with van der Waals surface area (Å²) in [5.41, 5.74) is 8.98. The van der Waals surface area contributed by atoms with Gasteiger partial charge < -0.3 is 15.7 Å². The second-order valence-corrected chi connectivity index (χ2v) is 10.4. The molecule has 0 radical (unpaired) electrons. The number of carbonyl (C=O) groups excluding carboxylic acids is 1. The Hall–Kier alpha value is -3.19. The van der Waals surface area contributed by atoms with Gasteiger partial charge in [-0.25, -0.2) is 4.79 Å².